The number of hydrazine groups is 2. The predicted octanol–water partition coefficient (Wildman–Crippen LogP) is 2.71. The van der Waals surface area contributed by atoms with Crippen LogP contribution in [0.5, 0.6) is 0 Å². The quantitative estimate of drug-likeness (QED) is 0.733. The first-order valence-corrected chi connectivity index (χ1v) is 8.78. The van der Waals surface area contributed by atoms with Gasteiger partial charge in [-0.25, -0.2) is 5.01 Å². The number of aromatic amines is 1. The second-order valence-corrected chi connectivity index (χ2v) is 6.90. The number of anilines is 1. The molecule has 1 amide bonds. The van der Waals surface area contributed by atoms with Crippen LogP contribution >= 0.6 is 0 Å². The summed E-state index contributed by atoms with van der Waals surface area (Å²) in [5.41, 5.74) is 7.04. The number of carbonyl (C=O) groups is 1. The average Bonchev–Trinajstić information content (AvgIpc) is 3.28. The summed E-state index contributed by atoms with van der Waals surface area (Å²) in [7, 11) is 0. The van der Waals surface area contributed by atoms with E-state index in [0.717, 1.165) is 23.3 Å². The van der Waals surface area contributed by atoms with Gasteiger partial charge in [0.25, 0.3) is 5.91 Å². The second-order valence-electron chi connectivity index (χ2n) is 6.90. The molecule has 0 radical (unpaired) electrons. The number of benzene rings is 1. The molecule has 3 N–H and O–H groups in total. The molecule has 0 spiro atoms. The van der Waals surface area contributed by atoms with Crippen molar-refractivity contribution in [2.24, 2.45) is 0 Å². The molecule has 2 aromatic rings. The highest BCUT2D eigenvalue weighted by Gasteiger charge is 2.38. The first-order valence-electron chi connectivity index (χ1n) is 8.78. The van der Waals surface area contributed by atoms with Gasteiger partial charge in [-0.2, -0.15) is 18.3 Å². The minimum Gasteiger partial charge on any atom is -0.330 e. The van der Waals surface area contributed by atoms with Crippen LogP contribution in [0.15, 0.2) is 41.9 Å². The molecule has 1 atom stereocenters. The van der Waals surface area contributed by atoms with Gasteiger partial charge in [0.05, 0.1) is 29.7 Å². The van der Waals surface area contributed by atoms with Crippen LogP contribution in [-0.2, 0) is 6.18 Å². The van der Waals surface area contributed by atoms with Gasteiger partial charge in [0, 0.05) is 24.1 Å². The van der Waals surface area contributed by atoms with Crippen LogP contribution in [0.2, 0.25) is 0 Å². The van der Waals surface area contributed by atoms with E-state index in [1.165, 1.54) is 19.1 Å². The Hall–Kier alpha value is -3.01. The van der Waals surface area contributed by atoms with Gasteiger partial charge in [0.2, 0.25) is 0 Å². The molecule has 0 saturated carbocycles. The number of rotatable bonds is 2. The van der Waals surface area contributed by atoms with E-state index in [1.54, 1.807) is 17.2 Å². The maximum atomic E-state index is 13.2. The Balaban J connectivity index is 1.62. The second kappa shape index (κ2) is 6.55. The molecule has 7 nitrogen and oxygen atoms in total. The molecule has 10 heteroatoms. The molecule has 0 unspecified atom stereocenters. The smallest absolute Gasteiger partial charge is 0.330 e. The van der Waals surface area contributed by atoms with Crippen LogP contribution in [0, 0.1) is 6.92 Å². The number of H-pyrrole nitrogens is 1. The lowest BCUT2D eigenvalue weighted by molar-refractivity contribution is -0.138. The van der Waals surface area contributed by atoms with Crippen molar-refractivity contribution in [1.82, 2.24) is 26.1 Å². The zero-order chi connectivity index (χ0) is 20.1. The van der Waals surface area contributed by atoms with E-state index in [0.29, 0.717) is 6.42 Å². The van der Waals surface area contributed by atoms with E-state index >= 15 is 0 Å². The van der Waals surface area contributed by atoms with E-state index < -0.39 is 17.6 Å². The highest BCUT2D eigenvalue weighted by molar-refractivity contribution is 5.96. The Morgan fingerprint density at radius 3 is 2.75 bits per heavy atom. The first-order chi connectivity index (χ1) is 13.3. The Morgan fingerprint density at radius 2 is 2.07 bits per heavy atom. The maximum Gasteiger partial charge on any atom is 0.416 e. The number of alkyl halides is 3. The Labute approximate surface area is 159 Å². The third-order valence-corrected chi connectivity index (χ3v) is 5.14. The van der Waals surface area contributed by atoms with Crippen LogP contribution in [0.3, 0.4) is 0 Å². The topological polar surface area (TPSA) is 76.3 Å². The summed E-state index contributed by atoms with van der Waals surface area (Å²) in [4.78, 5) is 14.7. The zero-order valence-electron chi connectivity index (χ0n) is 15.3. The Morgan fingerprint density at radius 1 is 1.29 bits per heavy atom. The average molecular weight is 392 g/mol. The highest BCUT2D eigenvalue weighted by Crippen LogP contribution is 2.35. The van der Waals surface area contributed by atoms with Crippen molar-refractivity contribution in [3.63, 3.8) is 0 Å². The molecule has 3 heterocycles. The third-order valence-electron chi connectivity index (χ3n) is 5.14. The van der Waals surface area contributed by atoms with Gasteiger partial charge in [0.15, 0.2) is 0 Å². The van der Waals surface area contributed by atoms with Crippen LogP contribution in [0.1, 0.15) is 34.8 Å². The van der Waals surface area contributed by atoms with Crippen molar-refractivity contribution in [2.45, 2.75) is 32.5 Å². The van der Waals surface area contributed by atoms with Gasteiger partial charge < -0.3 is 10.3 Å². The Kier molecular flexibility index (Phi) is 4.30. The largest absolute Gasteiger partial charge is 0.416 e. The number of nitrogens with one attached hydrogen (secondary N) is 3. The minimum absolute atomic E-state index is 0.0523. The predicted molar refractivity (Wildman–Crippen MR) is 95.7 cm³/mol. The molecule has 0 saturated heterocycles. The summed E-state index contributed by atoms with van der Waals surface area (Å²) >= 11 is 0. The van der Waals surface area contributed by atoms with Crippen LogP contribution < -0.4 is 16.0 Å². The van der Waals surface area contributed by atoms with Crippen molar-refractivity contribution >= 4 is 11.7 Å². The molecule has 148 valence electrons. The highest BCUT2D eigenvalue weighted by atomic mass is 19.4. The van der Waals surface area contributed by atoms with Crippen molar-refractivity contribution in [1.29, 1.82) is 0 Å². The molecule has 1 aromatic carbocycles. The number of nitrogens with zero attached hydrogens (tertiary/aromatic N) is 3. The SMILES string of the molecule is Cc1c(C(=O)N2CC3=C(C[C@H]2C)N(c2ccn[nH]2)NN3)cccc1C(F)(F)F. The molecular weight excluding hydrogens is 373 g/mol. The van der Waals surface area contributed by atoms with E-state index in [9.17, 15) is 18.0 Å². The molecule has 2 aliphatic heterocycles. The fourth-order valence-corrected chi connectivity index (χ4v) is 3.64. The number of carbonyl (C=O) groups excluding carboxylic acids is 1. The van der Waals surface area contributed by atoms with Crippen molar-refractivity contribution < 1.29 is 18.0 Å². The number of amides is 1. The normalized spacial score (nSPS) is 19.7. The first kappa shape index (κ1) is 18.4. The molecule has 0 bridgehead atoms. The van der Waals surface area contributed by atoms with Crippen LogP contribution in [0.25, 0.3) is 0 Å². The molecule has 0 aliphatic carbocycles. The maximum absolute atomic E-state index is 13.2. The molecule has 0 fully saturated rings. The monoisotopic (exact) mass is 392 g/mol. The van der Waals surface area contributed by atoms with Gasteiger partial charge in [-0.3, -0.25) is 9.89 Å². The van der Waals surface area contributed by atoms with Crippen molar-refractivity contribution in [2.75, 3.05) is 11.6 Å². The summed E-state index contributed by atoms with van der Waals surface area (Å²) < 4.78 is 39.6. The standard InChI is InChI=1S/C18H19F3N6O/c1-10-8-15-14(23-25-27(15)16-6-7-22-24-16)9-26(10)17(28)12-4-3-5-13(11(12)2)18(19,20)21/h3-7,10,23,25H,8-9H2,1-2H3,(H,22,24)/t10-/m1/s1. The molecule has 2 aliphatic rings. The van der Waals surface area contributed by atoms with Crippen LogP contribution in [-0.4, -0.2) is 33.6 Å². The lowest BCUT2D eigenvalue weighted by atomic mass is 9.98. The van der Waals surface area contributed by atoms with Crippen molar-refractivity contribution in [3.8, 4) is 0 Å². The summed E-state index contributed by atoms with van der Waals surface area (Å²) in [6.45, 7) is 3.49. The summed E-state index contributed by atoms with van der Waals surface area (Å²) in [6.07, 6.45) is -2.32. The number of hydrogen-bond acceptors (Lipinski definition) is 5. The van der Waals surface area contributed by atoms with E-state index in [1.807, 2.05) is 11.9 Å². The molecular formula is C18H19F3N6O. The van der Waals surface area contributed by atoms with E-state index in [2.05, 4.69) is 21.2 Å². The lowest BCUT2D eigenvalue weighted by Gasteiger charge is -2.35. The van der Waals surface area contributed by atoms with Gasteiger partial charge in [-0.1, -0.05) is 6.07 Å². The summed E-state index contributed by atoms with van der Waals surface area (Å²) in [5.74, 6) is 0.336. The summed E-state index contributed by atoms with van der Waals surface area (Å²) in [5, 5.41) is 8.61. The number of hydrogen-bond donors (Lipinski definition) is 3. The van der Waals surface area contributed by atoms with Crippen molar-refractivity contribution in [3.05, 3.63) is 58.5 Å². The van der Waals surface area contributed by atoms with Crippen LogP contribution in [0.4, 0.5) is 19.0 Å². The minimum atomic E-state index is -4.49. The van der Waals surface area contributed by atoms with Gasteiger partial charge in [-0.05, 0) is 31.5 Å². The molecule has 4 rings (SSSR count). The number of aromatic nitrogens is 2. The van der Waals surface area contributed by atoms with Gasteiger partial charge in [-0.15, -0.1) is 5.53 Å². The van der Waals surface area contributed by atoms with Gasteiger partial charge in [0.1, 0.15) is 5.82 Å². The lowest BCUT2D eigenvalue weighted by Crippen LogP contribution is -2.45. The van der Waals surface area contributed by atoms with Gasteiger partial charge >= 0.3 is 6.18 Å². The van der Waals surface area contributed by atoms with E-state index in [4.69, 9.17) is 0 Å². The Bertz CT molecular complexity index is 937. The molecule has 28 heavy (non-hydrogen) atoms. The zero-order valence-corrected chi connectivity index (χ0v) is 15.3. The summed E-state index contributed by atoms with van der Waals surface area (Å²) in [6, 6.07) is 5.33. The number of halogens is 3. The third kappa shape index (κ3) is 2.99. The molecule has 1 aromatic heterocycles. The fraction of sp³-hybridized carbons (Fsp3) is 0.333. The fourth-order valence-electron chi connectivity index (χ4n) is 3.64. The van der Waals surface area contributed by atoms with E-state index in [-0.39, 0.29) is 23.7 Å².